The standard InChI is InChI=1S/C22H23N7O/c30-21-11-17(28-7-6-23-13-28)4-5-19(21)20-8-14-12-24-29(22(14)27-26-20)18-9-15-2-1-3-16(10-18)25-15/h4-8,11-13,15-16,18,25,30H,1-3,9-10H2. The lowest BCUT2D eigenvalue weighted by Gasteiger charge is -2.40. The fourth-order valence-corrected chi connectivity index (χ4v) is 4.99. The fraction of sp³-hybridized carbons (Fsp3) is 0.364. The Labute approximate surface area is 173 Å². The zero-order chi connectivity index (χ0) is 20.1. The van der Waals surface area contributed by atoms with Crippen LogP contribution in [0.4, 0.5) is 0 Å². The molecular formula is C22H23N7O. The van der Waals surface area contributed by atoms with Gasteiger partial charge in [0.05, 0.1) is 29.9 Å². The van der Waals surface area contributed by atoms with Gasteiger partial charge in [0.15, 0.2) is 5.65 Å². The van der Waals surface area contributed by atoms with Crippen LogP contribution in [0.1, 0.15) is 38.1 Å². The molecule has 5 heterocycles. The van der Waals surface area contributed by atoms with Crippen LogP contribution >= 0.6 is 0 Å². The van der Waals surface area contributed by atoms with Crippen molar-refractivity contribution in [1.82, 2.24) is 34.8 Å². The molecule has 6 rings (SSSR count). The molecule has 30 heavy (non-hydrogen) atoms. The summed E-state index contributed by atoms with van der Waals surface area (Å²) in [5, 5.41) is 28.9. The van der Waals surface area contributed by atoms with E-state index in [2.05, 4.69) is 30.3 Å². The number of hydrogen-bond acceptors (Lipinski definition) is 6. The zero-order valence-electron chi connectivity index (χ0n) is 16.5. The van der Waals surface area contributed by atoms with Crippen LogP contribution in [0.25, 0.3) is 28.0 Å². The Morgan fingerprint density at radius 3 is 2.70 bits per heavy atom. The number of rotatable bonds is 3. The van der Waals surface area contributed by atoms with Gasteiger partial charge < -0.3 is 15.0 Å². The average molecular weight is 401 g/mol. The Morgan fingerprint density at radius 2 is 1.93 bits per heavy atom. The third kappa shape index (κ3) is 2.95. The molecule has 152 valence electrons. The van der Waals surface area contributed by atoms with E-state index in [1.807, 2.05) is 35.2 Å². The first kappa shape index (κ1) is 17.6. The molecule has 0 saturated carbocycles. The van der Waals surface area contributed by atoms with E-state index in [4.69, 9.17) is 0 Å². The van der Waals surface area contributed by atoms with E-state index >= 15 is 0 Å². The lowest BCUT2D eigenvalue weighted by atomic mass is 9.84. The third-order valence-corrected chi connectivity index (χ3v) is 6.44. The third-order valence-electron chi connectivity index (χ3n) is 6.44. The molecule has 8 nitrogen and oxygen atoms in total. The summed E-state index contributed by atoms with van der Waals surface area (Å²) >= 11 is 0. The first-order chi connectivity index (χ1) is 14.7. The normalized spacial score (nSPS) is 23.7. The van der Waals surface area contributed by atoms with E-state index in [9.17, 15) is 5.11 Å². The Morgan fingerprint density at radius 1 is 1.07 bits per heavy atom. The van der Waals surface area contributed by atoms with Gasteiger partial charge in [-0.1, -0.05) is 6.42 Å². The maximum Gasteiger partial charge on any atom is 0.180 e. The van der Waals surface area contributed by atoms with Crippen molar-refractivity contribution >= 4 is 11.0 Å². The Kier molecular flexibility index (Phi) is 4.05. The summed E-state index contributed by atoms with van der Waals surface area (Å²) in [6, 6.07) is 8.99. The molecule has 0 aliphatic carbocycles. The molecule has 2 bridgehead atoms. The SMILES string of the molecule is Oc1cc(-n2ccnc2)ccc1-c1cc2cnn(C3CC4CCCC(C3)N4)c2nn1. The Hall–Kier alpha value is -3.26. The summed E-state index contributed by atoms with van der Waals surface area (Å²) in [5.41, 5.74) is 2.95. The van der Waals surface area contributed by atoms with E-state index in [-0.39, 0.29) is 5.75 Å². The minimum atomic E-state index is 0.161. The molecule has 3 aromatic heterocycles. The predicted octanol–water partition coefficient (Wildman–Crippen LogP) is 3.23. The summed E-state index contributed by atoms with van der Waals surface area (Å²) in [6.45, 7) is 0. The number of phenolic OH excluding ortho intramolecular Hbond substituents is 1. The summed E-state index contributed by atoms with van der Waals surface area (Å²) in [4.78, 5) is 4.05. The number of aromatic nitrogens is 6. The molecule has 2 atom stereocenters. The summed E-state index contributed by atoms with van der Waals surface area (Å²) in [6.07, 6.45) is 13.1. The fourth-order valence-electron chi connectivity index (χ4n) is 4.99. The van der Waals surface area contributed by atoms with Crippen molar-refractivity contribution in [1.29, 1.82) is 0 Å². The van der Waals surface area contributed by atoms with E-state index in [0.717, 1.165) is 29.6 Å². The van der Waals surface area contributed by atoms with Gasteiger partial charge in [0.2, 0.25) is 0 Å². The second-order valence-corrected chi connectivity index (χ2v) is 8.39. The summed E-state index contributed by atoms with van der Waals surface area (Å²) in [5.74, 6) is 0.161. The van der Waals surface area contributed by atoms with Crippen molar-refractivity contribution < 1.29 is 5.11 Å². The van der Waals surface area contributed by atoms with Crippen LogP contribution in [0.2, 0.25) is 0 Å². The maximum atomic E-state index is 10.6. The number of aromatic hydroxyl groups is 1. The number of fused-ring (bicyclic) bond motifs is 3. The lowest BCUT2D eigenvalue weighted by molar-refractivity contribution is 0.182. The van der Waals surface area contributed by atoms with Gasteiger partial charge in [0, 0.05) is 41.5 Å². The zero-order valence-corrected chi connectivity index (χ0v) is 16.5. The highest BCUT2D eigenvalue weighted by atomic mass is 16.3. The lowest BCUT2D eigenvalue weighted by Crippen LogP contribution is -2.49. The molecular weight excluding hydrogens is 378 g/mol. The van der Waals surface area contributed by atoms with Crippen molar-refractivity contribution in [3.8, 4) is 22.7 Å². The molecule has 8 heteroatoms. The van der Waals surface area contributed by atoms with Gasteiger partial charge in [-0.05, 0) is 43.9 Å². The minimum absolute atomic E-state index is 0.161. The van der Waals surface area contributed by atoms with Crippen LogP contribution in [-0.4, -0.2) is 46.7 Å². The summed E-state index contributed by atoms with van der Waals surface area (Å²) < 4.78 is 3.90. The molecule has 2 fully saturated rings. The molecule has 0 spiro atoms. The monoisotopic (exact) mass is 401 g/mol. The van der Waals surface area contributed by atoms with Crippen molar-refractivity contribution in [2.24, 2.45) is 0 Å². The molecule has 2 N–H and O–H groups in total. The first-order valence-corrected chi connectivity index (χ1v) is 10.5. The number of hydrogen-bond donors (Lipinski definition) is 2. The second kappa shape index (κ2) is 6.91. The van der Waals surface area contributed by atoms with Gasteiger partial charge in [0.1, 0.15) is 5.75 Å². The maximum absolute atomic E-state index is 10.6. The second-order valence-electron chi connectivity index (χ2n) is 8.39. The predicted molar refractivity (Wildman–Crippen MR) is 112 cm³/mol. The van der Waals surface area contributed by atoms with E-state index in [1.165, 1.54) is 19.3 Å². The summed E-state index contributed by atoms with van der Waals surface area (Å²) in [7, 11) is 0. The van der Waals surface area contributed by atoms with E-state index in [0.29, 0.717) is 29.4 Å². The van der Waals surface area contributed by atoms with Crippen LogP contribution < -0.4 is 5.32 Å². The highest BCUT2D eigenvalue weighted by Gasteiger charge is 2.33. The smallest absolute Gasteiger partial charge is 0.180 e. The van der Waals surface area contributed by atoms with Crippen molar-refractivity contribution in [2.75, 3.05) is 0 Å². The first-order valence-electron chi connectivity index (χ1n) is 10.5. The molecule has 4 aromatic rings. The topological polar surface area (TPSA) is 93.7 Å². The molecule has 0 radical (unpaired) electrons. The highest BCUT2D eigenvalue weighted by Crippen LogP contribution is 2.35. The molecule has 0 amide bonds. The molecule has 2 unspecified atom stereocenters. The molecule has 2 saturated heterocycles. The van der Waals surface area contributed by atoms with Gasteiger partial charge in [-0.3, -0.25) is 0 Å². The van der Waals surface area contributed by atoms with Gasteiger partial charge in [-0.2, -0.15) is 5.10 Å². The van der Waals surface area contributed by atoms with E-state index in [1.54, 1.807) is 18.6 Å². The average Bonchev–Trinajstić information content (AvgIpc) is 3.43. The van der Waals surface area contributed by atoms with Crippen LogP contribution in [0, 0.1) is 0 Å². The van der Waals surface area contributed by atoms with Crippen LogP contribution in [-0.2, 0) is 0 Å². The number of piperidine rings is 2. The van der Waals surface area contributed by atoms with Crippen LogP contribution in [0.15, 0.2) is 49.2 Å². The van der Waals surface area contributed by atoms with Crippen molar-refractivity contribution in [3.05, 3.63) is 49.2 Å². The van der Waals surface area contributed by atoms with Crippen molar-refractivity contribution in [2.45, 2.75) is 50.2 Å². The van der Waals surface area contributed by atoms with Gasteiger partial charge in [0.25, 0.3) is 0 Å². The number of nitrogens with zero attached hydrogens (tertiary/aromatic N) is 6. The van der Waals surface area contributed by atoms with E-state index < -0.39 is 0 Å². The largest absolute Gasteiger partial charge is 0.507 e. The van der Waals surface area contributed by atoms with Gasteiger partial charge in [-0.15, -0.1) is 10.2 Å². The number of imidazole rings is 1. The quantitative estimate of drug-likeness (QED) is 0.547. The highest BCUT2D eigenvalue weighted by molar-refractivity contribution is 5.80. The van der Waals surface area contributed by atoms with Gasteiger partial charge in [-0.25, -0.2) is 9.67 Å². The van der Waals surface area contributed by atoms with Crippen LogP contribution in [0.5, 0.6) is 5.75 Å². The van der Waals surface area contributed by atoms with Gasteiger partial charge >= 0.3 is 0 Å². The molecule has 2 aliphatic rings. The number of phenols is 1. The Bertz CT molecular complexity index is 1190. The minimum Gasteiger partial charge on any atom is -0.507 e. The number of benzene rings is 1. The number of nitrogens with one attached hydrogen (secondary N) is 1. The van der Waals surface area contributed by atoms with Crippen molar-refractivity contribution in [3.63, 3.8) is 0 Å². The molecule has 2 aliphatic heterocycles. The molecule has 1 aromatic carbocycles. The Balaban J connectivity index is 1.32. The van der Waals surface area contributed by atoms with Crippen LogP contribution in [0.3, 0.4) is 0 Å².